The number of ether oxygens (including phenoxy) is 2. The summed E-state index contributed by atoms with van der Waals surface area (Å²) >= 11 is 0. The zero-order chi connectivity index (χ0) is 14.6. The highest BCUT2D eigenvalue weighted by Crippen LogP contribution is 2.29. The van der Waals surface area contributed by atoms with E-state index in [1.807, 2.05) is 0 Å². The second kappa shape index (κ2) is 6.25. The molecule has 2 heterocycles. The number of nitrogens with one attached hydrogen (secondary N) is 1. The van der Waals surface area contributed by atoms with Gasteiger partial charge in [-0.15, -0.1) is 0 Å². The standard InChI is InChI=1S/C12H16F3N3O2/c1-2-16-9-6-10(18-11(17-9)12(13,14)15)20-7-8-4-3-5-19-8/h6,8H,2-5,7H2,1H3,(H,16,17,18). The second-order valence-corrected chi connectivity index (χ2v) is 4.39. The first-order valence-electron chi connectivity index (χ1n) is 6.43. The van der Waals surface area contributed by atoms with Crippen LogP contribution in [0.2, 0.25) is 0 Å². The summed E-state index contributed by atoms with van der Waals surface area (Å²) in [4.78, 5) is 6.81. The lowest BCUT2D eigenvalue weighted by atomic mass is 10.2. The minimum Gasteiger partial charge on any atom is -0.475 e. The Kier molecular flexibility index (Phi) is 4.64. The van der Waals surface area contributed by atoms with Gasteiger partial charge >= 0.3 is 6.18 Å². The molecular weight excluding hydrogens is 275 g/mol. The molecule has 0 spiro atoms. The molecule has 0 amide bonds. The van der Waals surface area contributed by atoms with Crippen molar-refractivity contribution in [2.75, 3.05) is 25.1 Å². The van der Waals surface area contributed by atoms with Crippen LogP contribution in [0.5, 0.6) is 5.88 Å². The zero-order valence-electron chi connectivity index (χ0n) is 11.0. The molecule has 1 aliphatic heterocycles. The van der Waals surface area contributed by atoms with Crippen LogP contribution < -0.4 is 10.1 Å². The maximum atomic E-state index is 12.7. The summed E-state index contributed by atoms with van der Waals surface area (Å²) in [7, 11) is 0. The first kappa shape index (κ1) is 14.8. The summed E-state index contributed by atoms with van der Waals surface area (Å²) in [5, 5.41) is 2.73. The Morgan fingerprint density at radius 1 is 1.45 bits per heavy atom. The summed E-state index contributed by atoms with van der Waals surface area (Å²) in [5.41, 5.74) is 0. The van der Waals surface area contributed by atoms with Gasteiger partial charge in [0.2, 0.25) is 11.7 Å². The minimum atomic E-state index is -4.60. The van der Waals surface area contributed by atoms with Crippen molar-refractivity contribution in [3.63, 3.8) is 0 Å². The molecule has 8 heteroatoms. The van der Waals surface area contributed by atoms with E-state index in [1.165, 1.54) is 6.07 Å². The molecule has 1 atom stereocenters. The predicted octanol–water partition coefficient (Wildman–Crippen LogP) is 2.49. The topological polar surface area (TPSA) is 56.3 Å². The summed E-state index contributed by atoms with van der Waals surface area (Å²) in [5.74, 6) is -1.21. The normalized spacial score (nSPS) is 19.1. The minimum absolute atomic E-state index is 0.0816. The van der Waals surface area contributed by atoms with E-state index in [-0.39, 0.29) is 24.4 Å². The van der Waals surface area contributed by atoms with E-state index in [1.54, 1.807) is 6.92 Å². The maximum Gasteiger partial charge on any atom is 0.451 e. The van der Waals surface area contributed by atoms with Gasteiger partial charge in [0.15, 0.2) is 0 Å². The highest BCUT2D eigenvalue weighted by molar-refractivity contribution is 5.38. The molecule has 112 valence electrons. The van der Waals surface area contributed by atoms with Crippen molar-refractivity contribution < 1.29 is 22.6 Å². The first-order chi connectivity index (χ1) is 9.49. The van der Waals surface area contributed by atoms with E-state index in [4.69, 9.17) is 9.47 Å². The third-order valence-electron chi connectivity index (χ3n) is 2.76. The average Bonchev–Trinajstić information content (AvgIpc) is 2.88. The molecule has 2 rings (SSSR count). The Morgan fingerprint density at radius 2 is 2.25 bits per heavy atom. The fourth-order valence-electron chi connectivity index (χ4n) is 1.85. The number of anilines is 1. The molecule has 20 heavy (non-hydrogen) atoms. The molecule has 1 saturated heterocycles. The van der Waals surface area contributed by atoms with Crippen molar-refractivity contribution in [3.8, 4) is 5.88 Å². The van der Waals surface area contributed by atoms with Crippen molar-refractivity contribution in [1.29, 1.82) is 0 Å². The number of halogens is 3. The van der Waals surface area contributed by atoms with Crippen molar-refractivity contribution in [3.05, 3.63) is 11.9 Å². The highest BCUT2D eigenvalue weighted by atomic mass is 19.4. The van der Waals surface area contributed by atoms with Gasteiger partial charge in [-0.1, -0.05) is 0 Å². The van der Waals surface area contributed by atoms with Crippen LogP contribution in [0.3, 0.4) is 0 Å². The number of rotatable bonds is 5. The fourth-order valence-corrected chi connectivity index (χ4v) is 1.85. The Bertz CT molecular complexity index is 448. The van der Waals surface area contributed by atoms with Crippen molar-refractivity contribution in [2.24, 2.45) is 0 Å². The van der Waals surface area contributed by atoms with Crippen LogP contribution >= 0.6 is 0 Å². The van der Waals surface area contributed by atoms with Crippen LogP contribution in [0, 0.1) is 0 Å². The van der Waals surface area contributed by atoms with Crippen LogP contribution in [-0.2, 0) is 10.9 Å². The zero-order valence-corrected chi connectivity index (χ0v) is 11.0. The van der Waals surface area contributed by atoms with Gasteiger partial charge in [-0.3, -0.25) is 0 Å². The summed E-state index contributed by atoms with van der Waals surface area (Å²) in [6.45, 7) is 3.08. The third-order valence-corrected chi connectivity index (χ3v) is 2.76. The largest absolute Gasteiger partial charge is 0.475 e. The number of hydrogen-bond donors (Lipinski definition) is 1. The lowest BCUT2D eigenvalue weighted by molar-refractivity contribution is -0.145. The van der Waals surface area contributed by atoms with Crippen LogP contribution in [0.4, 0.5) is 19.0 Å². The van der Waals surface area contributed by atoms with Gasteiger partial charge < -0.3 is 14.8 Å². The number of nitrogens with zero attached hydrogens (tertiary/aromatic N) is 2. The molecule has 1 fully saturated rings. The molecule has 1 unspecified atom stereocenters. The Balaban J connectivity index is 2.11. The van der Waals surface area contributed by atoms with Gasteiger partial charge in [-0.2, -0.15) is 18.2 Å². The quantitative estimate of drug-likeness (QED) is 0.903. The van der Waals surface area contributed by atoms with Crippen LogP contribution in [0.25, 0.3) is 0 Å². The van der Waals surface area contributed by atoms with Crippen LogP contribution in [0.1, 0.15) is 25.6 Å². The van der Waals surface area contributed by atoms with Gasteiger partial charge in [0.25, 0.3) is 0 Å². The number of alkyl halides is 3. The van der Waals surface area contributed by atoms with Gasteiger partial charge in [0.05, 0.1) is 6.10 Å². The third kappa shape index (κ3) is 3.96. The smallest absolute Gasteiger partial charge is 0.451 e. The molecule has 5 nitrogen and oxygen atoms in total. The molecule has 1 aliphatic rings. The van der Waals surface area contributed by atoms with E-state index in [2.05, 4.69) is 15.3 Å². The fraction of sp³-hybridized carbons (Fsp3) is 0.667. The Labute approximate surface area is 114 Å². The van der Waals surface area contributed by atoms with Crippen molar-refractivity contribution >= 4 is 5.82 Å². The van der Waals surface area contributed by atoms with Gasteiger partial charge in [0.1, 0.15) is 12.4 Å². The molecule has 1 aromatic heterocycles. The lowest BCUT2D eigenvalue weighted by Gasteiger charge is -2.13. The molecule has 0 saturated carbocycles. The summed E-state index contributed by atoms with van der Waals surface area (Å²) in [6.07, 6.45) is -2.90. The molecule has 1 N–H and O–H groups in total. The molecule has 1 aromatic rings. The Morgan fingerprint density at radius 3 is 2.85 bits per heavy atom. The maximum absolute atomic E-state index is 12.7. The highest BCUT2D eigenvalue weighted by Gasteiger charge is 2.35. The predicted molar refractivity (Wildman–Crippen MR) is 65.7 cm³/mol. The van der Waals surface area contributed by atoms with Gasteiger partial charge in [-0.25, -0.2) is 4.98 Å². The van der Waals surface area contributed by atoms with E-state index < -0.39 is 12.0 Å². The Hall–Kier alpha value is -1.57. The van der Waals surface area contributed by atoms with Gasteiger partial charge in [0, 0.05) is 19.2 Å². The average molecular weight is 291 g/mol. The number of hydrogen-bond acceptors (Lipinski definition) is 5. The van der Waals surface area contributed by atoms with Gasteiger partial charge in [-0.05, 0) is 19.8 Å². The lowest BCUT2D eigenvalue weighted by Crippen LogP contribution is -2.19. The van der Waals surface area contributed by atoms with E-state index in [0.717, 1.165) is 12.8 Å². The second-order valence-electron chi connectivity index (χ2n) is 4.39. The van der Waals surface area contributed by atoms with Crippen LogP contribution in [-0.4, -0.2) is 35.8 Å². The van der Waals surface area contributed by atoms with E-state index in [9.17, 15) is 13.2 Å². The summed E-state index contributed by atoms with van der Waals surface area (Å²) < 4.78 is 48.7. The first-order valence-corrected chi connectivity index (χ1v) is 6.43. The number of aromatic nitrogens is 2. The molecule has 0 aromatic carbocycles. The molecule has 0 radical (unpaired) electrons. The molecule has 0 aliphatic carbocycles. The van der Waals surface area contributed by atoms with E-state index >= 15 is 0 Å². The van der Waals surface area contributed by atoms with Crippen LogP contribution in [0.15, 0.2) is 6.07 Å². The van der Waals surface area contributed by atoms with Crippen molar-refractivity contribution in [2.45, 2.75) is 32.0 Å². The monoisotopic (exact) mass is 291 g/mol. The molecular formula is C12H16F3N3O2. The SMILES string of the molecule is CCNc1cc(OCC2CCCO2)nc(C(F)(F)F)n1. The summed E-state index contributed by atoms with van der Waals surface area (Å²) in [6, 6.07) is 1.35. The van der Waals surface area contributed by atoms with E-state index in [0.29, 0.717) is 13.2 Å². The van der Waals surface area contributed by atoms with Crippen molar-refractivity contribution in [1.82, 2.24) is 9.97 Å². The molecule has 0 bridgehead atoms.